The Bertz CT molecular complexity index is 579. The minimum Gasteiger partial charge on any atom is -0.393 e. The van der Waals surface area contributed by atoms with E-state index in [0.29, 0.717) is 6.54 Å². The van der Waals surface area contributed by atoms with Gasteiger partial charge in [-0.15, -0.1) is 0 Å². The van der Waals surface area contributed by atoms with Gasteiger partial charge in [0.25, 0.3) is 0 Å². The molecule has 1 aromatic rings. The Morgan fingerprint density at radius 1 is 1.37 bits per heavy atom. The standard InChI is InChI=1S/C12H16N2O3S2/c1-8(11(13)18)12(15)14-7-9-3-5-10(6-4-9)19(2,16)17/h3-6,8H,7H2,1-2H3,(H2,13,18)(H,14,15). The third kappa shape index (κ3) is 4.60. The van der Waals surface area contributed by atoms with Gasteiger partial charge in [0.1, 0.15) is 0 Å². The largest absolute Gasteiger partial charge is 0.393 e. The molecule has 1 unspecified atom stereocenters. The molecule has 0 fully saturated rings. The van der Waals surface area contributed by atoms with Crippen molar-refractivity contribution in [1.29, 1.82) is 0 Å². The van der Waals surface area contributed by atoms with Crippen LogP contribution in [0.1, 0.15) is 12.5 Å². The average Bonchev–Trinajstić information content (AvgIpc) is 2.34. The smallest absolute Gasteiger partial charge is 0.229 e. The molecule has 1 rings (SSSR count). The SMILES string of the molecule is CC(C(=O)NCc1ccc(S(C)(=O)=O)cc1)C(N)=S. The van der Waals surface area contributed by atoms with Crippen LogP contribution in [0.5, 0.6) is 0 Å². The number of thiocarbonyl (C=S) groups is 1. The molecule has 1 atom stereocenters. The molecule has 19 heavy (non-hydrogen) atoms. The lowest BCUT2D eigenvalue weighted by atomic mass is 10.1. The lowest BCUT2D eigenvalue weighted by Gasteiger charge is -2.10. The van der Waals surface area contributed by atoms with E-state index in [-0.39, 0.29) is 15.8 Å². The number of sulfone groups is 1. The molecule has 5 nitrogen and oxygen atoms in total. The molecular weight excluding hydrogens is 284 g/mol. The molecule has 0 aromatic heterocycles. The molecule has 1 amide bonds. The minimum atomic E-state index is -3.20. The number of carbonyl (C=O) groups is 1. The van der Waals surface area contributed by atoms with Crippen LogP contribution in [0.25, 0.3) is 0 Å². The van der Waals surface area contributed by atoms with Gasteiger partial charge >= 0.3 is 0 Å². The number of hydrogen-bond acceptors (Lipinski definition) is 4. The first-order valence-electron chi connectivity index (χ1n) is 5.58. The predicted octanol–water partition coefficient (Wildman–Crippen LogP) is 0.629. The number of rotatable bonds is 5. The Labute approximate surface area is 118 Å². The van der Waals surface area contributed by atoms with Crippen molar-refractivity contribution in [2.45, 2.75) is 18.4 Å². The van der Waals surface area contributed by atoms with E-state index in [1.807, 2.05) is 0 Å². The number of nitrogens with two attached hydrogens (primary N) is 1. The molecule has 7 heteroatoms. The van der Waals surface area contributed by atoms with Crippen LogP contribution in [-0.2, 0) is 21.2 Å². The zero-order valence-corrected chi connectivity index (χ0v) is 12.3. The van der Waals surface area contributed by atoms with Crippen LogP contribution in [-0.4, -0.2) is 25.6 Å². The van der Waals surface area contributed by atoms with Crippen molar-refractivity contribution in [2.75, 3.05) is 6.26 Å². The lowest BCUT2D eigenvalue weighted by molar-refractivity contribution is -0.122. The first-order valence-corrected chi connectivity index (χ1v) is 7.88. The fourth-order valence-electron chi connectivity index (χ4n) is 1.33. The molecule has 0 saturated carbocycles. The van der Waals surface area contributed by atoms with E-state index in [4.69, 9.17) is 18.0 Å². The highest BCUT2D eigenvalue weighted by Crippen LogP contribution is 2.10. The van der Waals surface area contributed by atoms with Crippen molar-refractivity contribution in [3.63, 3.8) is 0 Å². The highest BCUT2D eigenvalue weighted by atomic mass is 32.2. The summed E-state index contributed by atoms with van der Waals surface area (Å²) in [5, 5.41) is 2.68. The molecule has 104 valence electrons. The van der Waals surface area contributed by atoms with E-state index >= 15 is 0 Å². The van der Waals surface area contributed by atoms with Gasteiger partial charge in [-0.1, -0.05) is 24.4 Å². The van der Waals surface area contributed by atoms with Crippen molar-refractivity contribution in [3.05, 3.63) is 29.8 Å². The van der Waals surface area contributed by atoms with Gasteiger partial charge in [-0.25, -0.2) is 8.42 Å². The van der Waals surface area contributed by atoms with Crippen molar-refractivity contribution >= 4 is 33.0 Å². The molecule has 1 aromatic carbocycles. The Hall–Kier alpha value is -1.47. The second-order valence-electron chi connectivity index (χ2n) is 4.26. The van der Waals surface area contributed by atoms with Gasteiger partial charge in [0.2, 0.25) is 5.91 Å². The van der Waals surface area contributed by atoms with Gasteiger partial charge in [0, 0.05) is 12.8 Å². The van der Waals surface area contributed by atoms with Gasteiger partial charge < -0.3 is 11.1 Å². The Balaban J connectivity index is 2.65. The number of carbonyl (C=O) groups excluding carboxylic acids is 1. The first kappa shape index (κ1) is 15.6. The number of hydrogen-bond donors (Lipinski definition) is 2. The van der Waals surface area contributed by atoms with Crippen LogP contribution in [0, 0.1) is 5.92 Å². The fourth-order valence-corrected chi connectivity index (χ4v) is 2.06. The van der Waals surface area contributed by atoms with Gasteiger partial charge in [0.05, 0.1) is 15.8 Å². The summed E-state index contributed by atoms with van der Waals surface area (Å²) in [5.74, 6) is -0.773. The second-order valence-corrected chi connectivity index (χ2v) is 6.75. The van der Waals surface area contributed by atoms with Crippen molar-refractivity contribution in [2.24, 2.45) is 11.7 Å². The third-order valence-electron chi connectivity index (χ3n) is 2.64. The Morgan fingerprint density at radius 3 is 2.32 bits per heavy atom. The molecule has 0 aliphatic rings. The van der Waals surface area contributed by atoms with Gasteiger partial charge in [0.15, 0.2) is 9.84 Å². The van der Waals surface area contributed by atoms with Gasteiger partial charge in [-0.05, 0) is 24.6 Å². The summed E-state index contributed by atoms with van der Waals surface area (Å²) in [7, 11) is -3.20. The van der Waals surface area contributed by atoms with E-state index in [2.05, 4.69) is 5.32 Å². The summed E-state index contributed by atoms with van der Waals surface area (Å²) in [5.41, 5.74) is 6.18. The molecule has 0 aliphatic heterocycles. The summed E-state index contributed by atoms with van der Waals surface area (Å²) in [6.07, 6.45) is 1.15. The van der Waals surface area contributed by atoms with Crippen LogP contribution in [0.4, 0.5) is 0 Å². The van der Waals surface area contributed by atoms with Crippen LogP contribution in [0.3, 0.4) is 0 Å². The molecule has 0 saturated heterocycles. The van der Waals surface area contributed by atoms with E-state index in [1.54, 1.807) is 19.1 Å². The molecule has 0 bridgehead atoms. The Morgan fingerprint density at radius 2 is 1.89 bits per heavy atom. The fraction of sp³-hybridized carbons (Fsp3) is 0.333. The molecule has 0 spiro atoms. The quantitative estimate of drug-likeness (QED) is 0.779. The van der Waals surface area contributed by atoms with E-state index in [0.717, 1.165) is 11.8 Å². The molecule has 0 radical (unpaired) electrons. The minimum absolute atomic E-state index is 0.143. The number of amides is 1. The number of benzene rings is 1. The first-order chi connectivity index (χ1) is 8.71. The Kier molecular flexibility index (Phi) is 5.02. The molecule has 0 heterocycles. The van der Waals surface area contributed by atoms with Crippen LogP contribution < -0.4 is 11.1 Å². The van der Waals surface area contributed by atoms with E-state index in [1.165, 1.54) is 12.1 Å². The summed E-state index contributed by atoms with van der Waals surface area (Å²) in [4.78, 5) is 12.0. The van der Waals surface area contributed by atoms with Gasteiger partial charge in [-0.2, -0.15) is 0 Å². The maximum Gasteiger partial charge on any atom is 0.229 e. The maximum atomic E-state index is 11.6. The molecule has 0 aliphatic carbocycles. The zero-order valence-electron chi connectivity index (χ0n) is 10.7. The van der Waals surface area contributed by atoms with E-state index in [9.17, 15) is 13.2 Å². The zero-order chi connectivity index (χ0) is 14.6. The van der Waals surface area contributed by atoms with Crippen molar-refractivity contribution < 1.29 is 13.2 Å². The van der Waals surface area contributed by atoms with Crippen LogP contribution in [0.2, 0.25) is 0 Å². The summed E-state index contributed by atoms with van der Waals surface area (Å²) in [6.45, 7) is 1.93. The second kappa shape index (κ2) is 6.12. The topological polar surface area (TPSA) is 89.3 Å². The summed E-state index contributed by atoms with van der Waals surface area (Å²) < 4.78 is 22.6. The van der Waals surface area contributed by atoms with Crippen molar-refractivity contribution in [3.8, 4) is 0 Å². The normalized spacial score (nSPS) is 12.7. The molecular formula is C12H16N2O3S2. The predicted molar refractivity (Wildman–Crippen MR) is 77.3 cm³/mol. The number of nitrogens with one attached hydrogen (secondary N) is 1. The van der Waals surface area contributed by atoms with Crippen LogP contribution >= 0.6 is 12.2 Å². The monoisotopic (exact) mass is 300 g/mol. The van der Waals surface area contributed by atoms with Gasteiger partial charge in [-0.3, -0.25) is 4.79 Å². The average molecular weight is 300 g/mol. The van der Waals surface area contributed by atoms with Crippen molar-refractivity contribution in [1.82, 2.24) is 5.32 Å². The summed E-state index contributed by atoms with van der Waals surface area (Å²) in [6, 6.07) is 6.33. The highest BCUT2D eigenvalue weighted by molar-refractivity contribution is 7.90. The maximum absolute atomic E-state index is 11.6. The van der Waals surface area contributed by atoms with E-state index < -0.39 is 15.8 Å². The lowest BCUT2D eigenvalue weighted by Crippen LogP contribution is -2.35. The summed E-state index contributed by atoms with van der Waals surface area (Å²) >= 11 is 4.73. The van der Waals surface area contributed by atoms with Crippen LogP contribution in [0.15, 0.2) is 29.2 Å². The molecule has 3 N–H and O–H groups in total. The highest BCUT2D eigenvalue weighted by Gasteiger charge is 2.14. The third-order valence-corrected chi connectivity index (χ3v) is 4.12.